The molecule has 1 atom stereocenters. The van der Waals surface area contributed by atoms with E-state index in [4.69, 9.17) is 4.74 Å². The monoisotopic (exact) mass is 561 g/mol. The van der Waals surface area contributed by atoms with E-state index < -0.39 is 12.0 Å². The second-order valence-electron chi connectivity index (χ2n) is 10.9. The molecule has 0 saturated carbocycles. The molecule has 1 aromatic carbocycles. The molecule has 40 heavy (non-hydrogen) atoms. The molecule has 0 spiro atoms. The number of hydrogen-bond donors (Lipinski definition) is 1. The molecular formula is C28H34F3N5O4. The number of hydrogen-bond acceptors (Lipinski definition) is 6. The molecule has 3 heterocycles. The number of piperidine rings is 1. The number of pyridine rings is 1. The Labute approximate surface area is 230 Å². The minimum absolute atomic E-state index is 0.130. The molecule has 1 N–H and O–H groups in total. The molecule has 2 aromatic heterocycles. The van der Waals surface area contributed by atoms with Crippen molar-refractivity contribution >= 4 is 23.2 Å². The fourth-order valence-electron chi connectivity index (χ4n) is 4.64. The Morgan fingerprint density at radius 1 is 1.12 bits per heavy atom. The van der Waals surface area contributed by atoms with Crippen LogP contribution in [0.25, 0.3) is 11.2 Å². The number of nitrogens with one attached hydrogen (secondary N) is 1. The molecule has 2 amide bonds. The molecule has 1 aliphatic heterocycles. The van der Waals surface area contributed by atoms with Gasteiger partial charge < -0.3 is 24.3 Å². The number of amides is 2. The molecule has 4 rings (SSSR count). The van der Waals surface area contributed by atoms with Gasteiger partial charge in [0.15, 0.2) is 5.65 Å². The Morgan fingerprint density at radius 2 is 1.88 bits per heavy atom. The lowest BCUT2D eigenvalue weighted by Crippen LogP contribution is -2.45. The number of carbonyl (C=O) groups excluding carboxylic acids is 2. The van der Waals surface area contributed by atoms with E-state index >= 15 is 0 Å². The van der Waals surface area contributed by atoms with Crippen LogP contribution in [0.4, 0.5) is 18.0 Å². The van der Waals surface area contributed by atoms with Crippen LogP contribution in [0.3, 0.4) is 0 Å². The van der Waals surface area contributed by atoms with Crippen LogP contribution in [0.5, 0.6) is 5.75 Å². The van der Waals surface area contributed by atoms with E-state index in [1.165, 1.54) is 12.1 Å². The number of likely N-dealkylation sites (tertiary alicyclic amines) is 1. The standard InChI is InChI=1S/C28H34F3N5O4/c1-27(2,3)40-26(38)35-15-5-6-20(17-35)16-33-24(37)13-12-23-34-22-7-4-14-32-25(22)36(23)18-19-8-10-21(11-9-19)39-28(29,30)31/h4,7-11,14,20H,5-6,12-13,15-18H2,1-3H3,(H,33,37). The number of benzene rings is 1. The van der Waals surface area contributed by atoms with Crippen LogP contribution < -0.4 is 10.1 Å². The first-order valence-electron chi connectivity index (χ1n) is 13.3. The average Bonchev–Trinajstić information content (AvgIpc) is 3.23. The molecule has 9 nitrogen and oxygen atoms in total. The first-order chi connectivity index (χ1) is 18.9. The summed E-state index contributed by atoms with van der Waals surface area (Å²) >= 11 is 0. The van der Waals surface area contributed by atoms with E-state index in [1.54, 1.807) is 29.3 Å². The van der Waals surface area contributed by atoms with Crippen molar-refractivity contribution in [3.63, 3.8) is 0 Å². The van der Waals surface area contributed by atoms with Gasteiger partial charge in [0, 0.05) is 38.7 Å². The lowest BCUT2D eigenvalue weighted by atomic mass is 9.98. The topological polar surface area (TPSA) is 98.6 Å². The number of rotatable bonds is 8. The molecule has 0 aliphatic carbocycles. The minimum Gasteiger partial charge on any atom is -0.444 e. The van der Waals surface area contributed by atoms with E-state index in [-0.39, 0.29) is 30.1 Å². The zero-order valence-corrected chi connectivity index (χ0v) is 22.8. The van der Waals surface area contributed by atoms with E-state index in [0.29, 0.717) is 49.6 Å². The van der Waals surface area contributed by atoms with Crippen LogP contribution >= 0.6 is 0 Å². The maximum atomic E-state index is 12.7. The molecule has 12 heteroatoms. The van der Waals surface area contributed by atoms with Gasteiger partial charge in [0.1, 0.15) is 22.7 Å². The number of ether oxygens (including phenoxy) is 2. The maximum absolute atomic E-state index is 12.7. The molecule has 1 fully saturated rings. The summed E-state index contributed by atoms with van der Waals surface area (Å²) in [7, 11) is 0. The lowest BCUT2D eigenvalue weighted by molar-refractivity contribution is -0.274. The fourth-order valence-corrected chi connectivity index (χ4v) is 4.64. The van der Waals surface area contributed by atoms with Gasteiger partial charge in [-0.1, -0.05) is 12.1 Å². The summed E-state index contributed by atoms with van der Waals surface area (Å²) < 4.78 is 48.8. The first-order valence-corrected chi connectivity index (χ1v) is 13.3. The van der Waals surface area contributed by atoms with Crippen molar-refractivity contribution < 1.29 is 32.2 Å². The van der Waals surface area contributed by atoms with Gasteiger partial charge in [-0.15, -0.1) is 13.2 Å². The van der Waals surface area contributed by atoms with Crippen molar-refractivity contribution in [3.05, 3.63) is 54.0 Å². The number of aryl methyl sites for hydroxylation is 1. The highest BCUT2D eigenvalue weighted by atomic mass is 19.4. The average molecular weight is 562 g/mol. The summed E-state index contributed by atoms with van der Waals surface area (Å²) in [6.45, 7) is 7.45. The number of imidazole rings is 1. The van der Waals surface area contributed by atoms with Gasteiger partial charge in [-0.05, 0) is 69.4 Å². The molecule has 1 saturated heterocycles. The minimum atomic E-state index is -4.76. The zero-order valence-electron chi connectivity index (χ0n) is 22.8. The largest absolute Gasteiger partial charge is 0.573 e. The number of aromatic nitrogens is 3. The van der Waals surface area contributed by atoms with Gasteiger partial charge in [0.05, 0.1) is 6.54 Å². The fraction of sp³-hybridized carbons (Fsp3) is 0.500. The molecule has 0 bridgehead atoms. The normalized spacial score (nSPS) is 16.1. The second-order valence-corrected chi connectivity index (χ2v) is 10.9. The van der Waals surface area contributed by atoms with Crippen LogP contribution in [-0.2, 0) is 22.5 Å². The van der Waals surface area contributed by atoms with Crippen LogP contribution in [-0.4, -0.2) is 63.0 Å². The third kappa shape index (κ3) is 8.33. The number of halogens is 3. The van der Waals surface area contributed by atoms with Crippen molar-refractivity contribution in [3.8, 4) is 5.75 Å². The third-order valence-corrected chi connectivity index (χ3v) is 6.41. The molecule has 0 radical (unpaired) electrons. The third-order valence-electron chi connectivity index (χ3n) is 6.41. The van der Waals surface area contributed by atoms with E-state index in [1.807, 2.05) is 31.4 Å². The van der Waals surface area contributed by atoms with Crippen LogP contribution in [0, 0.1) is 5.92 Å². The number of fused-ring (bicyclic) bond motifs is 1. The molecule has 1 unspecified atom stereocenters. The van der Waals surface area contributed by atoms with Crippen molar-refractivity contribution in [2.45, 2.75) is 65.0 Å². The number of nitrogens with zero attached hydrogens (tertiary/aromatic N) is 4. The van der Waals surface area contributed by atoms with Crippen molar-refractivity contribution in [2.24, 2.45) is 5.92 Å². The Kier molecular flexibility index (Phi) is 8.85. The van der Waals surface area contributed by atoms with E-state index in [9.17, 15) is 22.8 Å². The summed E-state index contributed by atoms with van der Waals surface area (Å²) in [4.78, 5) is 35.9. The van der Waals surface area contributed by atoms with Gasteiger partial charge in [0.25, 0.3) is 0 Å². The first kappa shape index (κ1) is 29.2. The maximum Gasteiger partial charge on any atom is 0.573 e. The summed E-state index contributed by atoms with van der Waals surface area (Å²) in [6, 6.07) is 9.22. The highest BCUT2D eigenvalue weighted by Crippen LogP contribution is 2.24. The zero-order chi connectivity index (χ0) is 28.9. The van der Waals surface area contributed by atoms with E-state index in [2.05, 4.69) is 20.0 Å². The highest BCUT2D eigenvalue weighted by Gasteiger charge is 2.31. The van der Waals surface area contributed by atoms with Crippen LogP contribution in [0.2, 0.25) is 0 Å². The van der Waals surface area contributed by atoms with Crippen molar-refractivity contribution in [1.29, 1.82) is 0 Å². The van der Waals surface area contributed by atoms with E-state index in [0.717, 1.165) is 18.4 Å². The summed E-state index contributed by atoms with van der Waals surface area (Å²) in [5.74, 6) is 0.361. The summed E-state index contributed by atoms with van der Waals surface area (Å²) in [5.41, 5.74) is 1.46. The quantitative estimate of drug-likeness (QED) is 0.412. The summed E-state index contributed by atoms with van der Waals surface area (Å²) in [5, 5.41) is 2.98. The molecule has 216 valence electrons. The SMILES string of the molecule is CC(C)(C)OC(=O)N1CCCC(CNC(=O)CCc2nc3cccnc3n2Cc2ccc(OC(F)(F)F)cc2)C1. The number of carbonyl (C=O) groups is 2. The molecule has 3 aromatic rings. The number of alkyl halides is 3. The Hall–Kier alpha value is -3.83. The summed E-state index contributed by atoms with van der Waals surface area (Å²) in [6.07, 6.45) is -1.14. The van der Waals surface area contributed by atoms with Crippen molar-refractivity contribution in [2.75, 3.05) is 19.6 Å². The second kappa shape index (κ2) is 12.1. The molecule has 1 aliphatic rings. The van der Waals surface area contributed by atoms with Crippen LogP contribution in [0.1, 0.15) is 51.4 Å². The Bertz CT molecular complexity index is 1320. The lowest BCUT2D eigenvalue weighted by Gasteiger charge is -2.34. The van der Waals surface area contributed by atoms with Crippen LogP contribution in [0.15, 0.2) is 42.6 Å². The Morgan fingerprint density at radius 3 is 2.58 bits per heavy atom. The Balaban J connectivity index is 1.34. The molecular weight excluding hydrogens is 527 g/mol. The highest BCUT2D eigenvalue weighted by molar-refractivity contribution is 5.76. The van der Waals surface area contributed by atoms with Gasteiger partial charge in [0.2, 0.25) is 5.91 Å². The van der Waals surface area contributed by atoms with Crippen molar-refractivity contribution in [1.82, 2.24) is 24.8 Å². The predicted molar refractivity (Wildman–Crippen MR) is 142 cm³/mol. The van der Waals surface area contributed by atoms with Gasteiger partial charge in [-0.25, -0.2) is 14.8 Å². The predicted octanol–water partition coefficient (Wildman–Crippen LogP) is 5.07. The smallest absolute Gasteiger partial charge is 0.444 e. The van der Waals surface area contributed by atoms with Gasteiger partial charge in [-0.3, -0.25) is 4.79 Å². The van der Waals surface area contributed by atoms with Gasteiger partial charge in [-0.2, -0.15) is 0 Å². The van der Waals surface area contributed by atoms with Gasteiger partial charge >= 0.3 is 12.5 Å².